The number of rotatable bonds is 1. The lowest BCUT2D eigenvalue weighted by Gasteiger charge is -2.40. The van der Waals surface area contributed by atoms with Crippen LogP contribution in [0.1, 0.15) is 37.8 Å². The van der Waals surface area contributed by atoms with Crippen LogP contribution in [-0.4, -0.2) is 17.4 Å². The summed E-state index contributed by atoms with van der Waals surface area (Å²) >= 11 is 3.54. The summed E-state index contributed by atoms with van der Waals surface area (Å²) in [5, 5.41) is 0. The standard InChI is InChI=1S/C15H18BrNO/c1-15(2)9-17(14(18)10-3-4-10)8-11-5-6-12(16)7-13(11)15/h5-7,10H,3-4,8-9H2,1-2H3. The Balaban J connectivity index is 1.94. The fraction of sp³-hybridized carbons (Fsp3) is 0.533. The van der Waals surface area contributed by atoms with E-state index < -0.39 is 0 Å². The molecule has 1 heterocycles. The van der Waals surface area contributed by atoms with Gasteiger partial charge in [0.05, 0.1) is 0 Å². The van der Waals surface area contributed by atoms with Crippen LogP contribution in [0.2, 0.25) is 0 Å². The van der Waals surface area contributed by atoms with E-state index in [2.05, 4.69) is 48.0 Å². The summed E-state index contributed by atoms with van der Waals surface area (Å²) in [5.41, 5.74) is 2.71. The summed E-state index contributed by atoms with van der Waals surface area (Å²) in [7, 11) is 0. The minimum atomic E-state index is 0.0436. The monoisotopic (exact) mass is 307 g/mol. The van der Waals surface area contributed by atoms with Crippen LogP contribution in [0.5, 0.6) is 0 Å². The lowest BCUT2D eigenvalue weighted by Crippen LogP contribution is -2.45. The van der Waals surface area contributed by atoms with Gasteiger partial charge in [-0.05, 0) is 36.1 Å². The Morgan fingerprint density at radius 1 is 1.39 bits per heavy atom. The van der Waals surface area contributed by atoms with E-state index in [1.165, 1.54) is 11.1 Å². The quantitative estimate of drug-likeness (QED) is 0.778. The van der Waals surface area contributed by atoms with E-state index in [1.54, 1.807) is 0 Å². The number of benzene rings is 1. The second-order valence-electron chi connectivity index (χ2n) is 6.15. The minimum absolute atomic E-state index is 0.0436. The summed E-state index contributed by atoms with van der Waals surface area (Å²) < 4.78 is 1.12. The van der Waals surface area contributed by atoms with Crippen LogP contribution in [0, 0.1) is 5.92 Å². The molecular formula is C15H18BrNO. The largest absolute Gasteiger partial charge is 0.337 e. The molecule has 3 rings (SSSR count). The topological polar surface area (TPSA) is 20.3 Å². The average molecular weight is 308 g/mol. The molecule has 2 aliphatic rings. The van der Waals surface area contributed by atoms with Gasteiger partial charge in [-0.15, -0.1) is 0 Å². The van der Waals surface area contributed by atoms with Crippen LogP contribution in [0.4, 0.5) is 0 Å². The van der Waals surface area contributed by atoms with E-state index in [4.69, 9.17) is 0 Å². The zero-order chi connectivity index (χ0) is 12.9. The van der Waals surface area contributed by atoms with Crippen LogP contribution in [0.15, 0.2) is 22.7 Å². The van der Waals surface area contributed by atoms with Gasteiger partial charge in [0.2, 0.25) is 5.91 Å². The van der Waals surface area contributed by atoms with Crippen LogP contribution >= 0.6 is 15.9 Å². The third-order valence-electron chi connectivity index (χ3n) is 3.99. The molecule has 0 unspecified atom stereocenters. The molecule has 1 saturated carbocycles. The number of carbonyl (C=O) groups is 1. The zero-order valence-electron chi connectivity index (χ0n) is 10.9. The highest BCUT2D eigenvalue weighted by Crippen LogP contribution is 2.38. The first-order valence-corrected chi connectivity index (χ1v) is 7.34. The van der Waals surface area contributed by atoms with E-state index in [-0.39, 0.29) is 5.41 Å². The van der Waals surface area contributed by atoms with E-state index in [0.29, 0.717) is 11.8 Å². The number of carbonyl (C=O) groups excluding carboxylic acids is 1. The second kappa shape index (κ2) is 4.09. The molecule has 1 aromatic carbocycles. The normalized spacial score (nSPS) is 21.6. The van der Waals surface area contributed by atoms with Gasteiger partial charge in [0.15, 0.2) is 0 Å². The van der Waals surface area contributed by atoms with Gasteiger partial charge in [-0.2, -0.15) is 0 Å². The van der Waals surface area contributed by atoms with Crippen molar-refractivity contribution in [3.8, 4) is 0 Å². The molecule has 0 radical (unpaired) electrons. The Bertz CT molecular complexity index is 505. The smallest absolute Gasteiger partial charge is 0.226 e. The molecule has 0 saturated heterocycles. The molecule has 2 nitrogen and oxygen atoms in total. The molecule has 1 aliphatic carbocycles. The van der Waals surface area contributed by atoms with Gasteiger partial charge < -0.3 is 4.90 Å². The highest BCUT2D eigenvalue weighted by atomic mass is 79.9. The van der Waals surface area contributed by atoms with E-state index in [9.17, 15) is 4.79 Å². The molecular weight excluding hydrogens is 290 g/mol. The number of hydrogen-bond donors (Lipinski definition) is 0. The highest BCUT2D eigenvalue weighted by Gasteiger charge is 2.39. The molecule has 0 atom stereocenters. The van der Waals surface area contributed by atoms with Crippen molar-refractivity contribution >= 4 is 21.8 Å². The molecule has 18 heavy (non-hydrogen) atoms. The highest BCUT2D eigenvalue weighted by molar-refractivity contribution is 9.10. The predicted octanol–water partition coefficient (Wildman–Crippen LogP) is 3.48. The number of amides is 1. The Labute approximate surface area is 116 Å². The Morgan fingerprint density at radius 3 is 2.78 bits per heavy atom. The molecule has 0 N–H and O–H groups in total. The molecule has 0 aromatic heterocycles. The maximum atomic E-state index is 12.2. The van der Waals surface area contributed by atoms with Crippen LogP contribution in [0.25, 0.3) is 0 Å². The summed E-state index contributed by atoms with van der Waals surface area (Å²) in [4.78, 5) is 14.3. The summed E-state index contributed by atoms with van der Waals surface area (Å²) in [6.07, 6.45) is 2.17. The Kier molecular flexibility index (Phi) is 2.77. The molecule has 1 aromatic rings. The Hall–Kier alpha value is -0.830. The molecule has 96 valence electrons. The van der Waals surface area contributed by atoms with Crippen molar-refractivity contribution in [1.82, 2.24) is 4.90 Å². The molecule has 1 fully saturated rings. The van der Waals surface area contributed by atoms with Gasteiger partial charge in [-0.3, -0.25) is 4.79 Å². The lowest BCUT2D eigenvalue weighted by molar-refractivity contribution is -0.134. The van der Waals surface area contributed by atoms with Crippen molar-refractivity contribution in [2.24, 2.45) is 5.92 Å². The fourth-order valence-corrected chi connectivity index (χ4v) is 3.25. The molecule has 0 spiro atoms. The van der Waals surface area contributed by atoms with Gasteiger partial charge in [0.25, 0.3) is 0 Å². The number of nitrogens with zero attached hydrogens (tertiary/aromatic N) is 1. The van der Waals surface area contributed by atoms with Gasteiger partial charge in [-0.1, -0.05) is 35.8 Å². The van der Waals surface area contributed by atoms with Crippen molar-refractivity contribution in [3.63, 3.8) is 0 Å². The van der Waals surface area contributed by atoms with Crippen molar-refractivity contribution in [2.45, 2.75) is 38.6 Å². The van der Waals surface area contributed by atoms with Gasteiger partial charge >= 0.3 is 0 Å². The zero-order valence-corrected chi connectivity index (χ0v) is 12.5. The number of hydrogen-bond acceptors (Lipinski definition) is 1. The van der Waals surface area contributed by atoms with Crippen LogP contribution < -0.4 is 0 Å². The SMILES string of the molecule is CC1(C)CN(C(=O)C2CC2)Cc2ccc(Br)cc21. The van der Waals surface area contributed by atoms with Gasteiger partial charge in [-0.25, -0.2) is 0 Å². The Morgan fingerprint density at radius 2 is 2.11 bits per heavy atom. The van der Waals surface area contributed by atoms with E-state index in [1.807, 2.05) is 4.90 Å². The summed E-state index contributed by atoms with van der Waals surface area (Å²) in [6, 6.07) is 6.42. The lowest BCUT2D eigenvalue weighted by atomic mass is 9.78. The minimum Gasteiger partial charge on any atom is -0.337 e. The predicted molar refractivity (Wildman–Crippen MR) is 75.3 cm³/mol. The van der Waals surface area contributed by atoms with Crippen molar-refractivity contribution in [3.05, 3.63) is 33.8 Å². The molecule has 0 bridgehead atoms. The third kappa shape index (κ3) is 2.09. The van der Waals surface area contributed by atoms with E-state index >= 15 is 0 Å². The van der Waals surface area contributed by atoms with Crippen molar-refractivity contribution in [1.29, 1.82) is 0 Å². The van der Waals surface area contributed by atoms with Gasteiger partial charge in [0.1, 0.15) is 0 Å². The van der Waals surface area contributed by atoms with Crippen molar-refractivity contribution in [2.75, 3.05) is 6.54 Å². The number of fused-ring (bicyclic) bond motifs is 1. The second-order valence-corrected chi connectivity index (χ2v) is 7.07. The first kappa shape index (κ1) is 12.2. The van der Waals surface area contributed by atoms with Crippen LogP contribution in [0.3, 0.4) is 0 Å². The molecule has 3 heteroatoms. The summed E-state index contributed by atoms with van der Waals surface area (Å²) in [6.45, 7) is 6.07. The maximum absolute atomic E-state index is 12.2. The average Bonchev–Trinajstić information content (AvgIpc) is 3.12. The fourth-order valence-electron chi connectivity index (χ4n) is 2.88. The molecule has 1 aliphatic heterocycles. The first-order valence-electron chi connectivity index (χ1n) is 6.55. The maximum Gasteiger partial charge on any atom is 0.226 e. The van der Waals surface area contributed by atoms with Crippen molar-refractivity contribution < 1.29 is 4.79 Å². The van der Waals surface area contributed by atoms with Crippen LogP contribution in [-0.2, 0) is 16.8 Å². The third-order valence-corrected chi connectivity index (χ3v) is 4.48. The van der Waals surface area contributed by atoms with Gasteiger partial charge in [0, 0.05) is 28.9 Å². The van der Waals surface area contributed by atoms with E-state index in [0.717, 1.165) is 30.4 Å². The molecule has 1 amide bonds. The first-order chi connectivity index (χ1) is 8.47. The number of halogens is 1. The summed E-state index contributed by atoms with van der Waals surface area (Å²) in [5.74, 6) is 0.675.